The van der Waals surface area contributed by atoms with Crippen molar-refractivity contribution in [3.63, 3.8) is 0 Å². The minimum Gasteiger partial charge on any atom is -0.478 e. The van der Waals surface area contributed by atoms with E-state index < -0.39 is 29.3 Å². The van der Waals surface area contributed by atoms with Gasteiger partial charge in [-0.2, -0.15) is 0 Å². The van der Waals surface area contributed by atoms with Gasteiger partial charge in [-0.05, 0) is 79.9 Å². The van der Waals surface area contributed by atoms with E-state index in [1.165, 1.54) is 24.3 Å². The van der Waals surface area contributed by atoms with Crippen molar-refractivity contribution in [1.82, 2.24) is 0 Å². The standard InChI is InChI=1S/C7H3BrCl2O3S.C7H4BrClO4S/c8-5-2-1-4(7(9)11)3-6(5)14(10,12)13;8-5-2-1-4(7(10)11)3-6(5)14(9,12)13/h1-3H;1-3H,(H,10,11). The molecule has 28 heavy (non-hydrogen) atoms. The summed E-state index contributed by atoms with van der Waals surface area (Å²) in [6.07, 6.45) is 0. The van der Waals surface area contributed by atoms with E-state index in [1.807, 2.05) is 0 Å². The Hall–Kier alpha value is -0.690. The average molecular weight is 618 g/mol. The lowest BCUT2D eigenvalue weighted by atomic mass is 10.2. The number of hydrogen-bond donors (Lipinski definition) is 1. The van der Waals surface area contributed by atoms with Gasteiger partial charge in [0.1, 0.15) is 0 Å². The molecule has 1 N–H and O–H groups in total. The van der Waals surface area contributed by atoms with Crippen molar-refractivity contribution in [3.8, 4) is 0 Å². The number of rotatable bonds is 4. The highest BCUT2D eigenvalue weighted by molar-refractivity contribution is 9.10. The zero-order valence-corrected chi connectivity index (χ0v) is 20.1. The lowest BCUT2D eigenvalue weighted by Gasteiger charge is -2.01. The van der Waals surface area contributed by atoms with Crippen LogP contribution in [-0.2, 0) is 18.1 Å². The molecule has 0 aromatic heterocycles. The third kappa shape index (κ3) is 7.29. The van der Waals surface area contributed by atoms with Gasteiger partial charge in [-0.25, -0.2) is 21.6 Å². The number of carbonyl (C=O) groups is 2. The van der Waals surface area contributed by atoms with E-state index in [0.717, 1.165) is 12.1 Å². The van der Waals surface area contributed by atoms with Crippen LogP contribution in [0.3, 0.4) is 0 Å². The maximum Gasteiger partial charge on any atom is 0.335 e. The summed E-state index contributed by atoms with van der Waals surface area (Å²) in [5.74, 6) is -1.21. The van der Waals surface area contributed by atoms with E-state index in [0.29, 0.717) is 0 Å². The molecule has 0 fully saturated rings. The second-order valence-corrected chi connectivity index (χ2v) is 11.9. The van der Waals surface area contributed by atoms with Gasteiger partial charge in [0.15, 0.2) is 0 Å². The van der Waals surface area contributed by atoms with E-state index in [-0.39, 0.29) is 29.9 Å². The third-order valence-electron chi connectivity index (χ3n) is 2.86. The van der Waals surface area contributed by atoms with Crippen molar-refractivity contribution < 1.29 is 31.5 Å². The number of benzene rings is 2. The van der Waals surface area contributed by atoms with Crippen LogP contribution in [0.15, 0.2) is 55.1 Å². The third-order valence-corrected chi connectivity index (χ3v) is 7.71. The molecule has 14 heteroatoms. The molecule has 0 aliphatic heterocycles. The highest BCUT2D eigenvalue weighted by Crippen LogP contribution is 2.27. The molecule has 0 radical (unpaired) electrons. The normalized spacial score (nSPS) is 11.3. The number of halogens is 5. The Morgan fingerprint density at radius 3 is 1.46 bits per heavy atom. The van der Waals surface area contributed by atoms with E-state index in [2.05, 4.69) is 31.9 Å². The van der Waals surface area contributed by atoms with Crippen LogP contribution in [0.4, 0.5) is 0 Å². The van der Waals surface area contributed by atoms with Crippen LogP contribution in [0.5, 0.6) is 0 Å². The average Bonchev–Trinajstić information content (AvgIpc) is 2.53. The first kappa shape index (κ1) is 25.3. The molecule has 0 saturated carbocycles. The molecule has 0 heterocycles. The van der Waals surface area contributed by atoms with Gasteiger partial charge >= 0.3 is 5.97 Å². The molecule has 0 saturated heterocycles. The van der Waals surface area contributed by atoms with E-state index in [9.17, 15) is 26.4 Å². The smallest absolute Gasteiger partial charge is 0.335 e. The first-order chi connectivity index (χ1) is 12.6. The minimum atomic E-state index is -3.93. The molecule has 2 aromatic carbocycles. The second kappa shape index (κ2) is 9.88. The molecular weight excluding hydrogens is 610 g/mol. The molecule has 0 atom stereocenters. The maximum atomic E-state index is 11.0. The molecule has 0 bridgehead atoms. The van der Waals surface area contributed by atoms with Crippen molar-refractivity contribution >= 4 is 94.1 Å². The first-order valence-electron chi connectivity index (χ1n) is 6.56. The summed E-state index contributed by atoms with van der Waals surface area (Å²) in [6, 6.07) is 7.49. The predicted octanol–water partition coefficient (Wildman–Crippen LogP) is 4.83. The Balaban J connectivity index is 0.000000280. The Bertz CT molecular complexity index is 1060. The fourth-order valence-corrected chi connectivity index (χ4v) is 5.99. The highest BCUT2D eigenvalue weighted by atomic mass is 79.9. The zero-order chi connectivity index (χ0) is 21.9. The van der Waals surface area contributed by atoms with Crippen molar-refractivity contribution in [2.75, 3.05) is 0 Å². The molecule has 0 amide bonds. The summed E-state index contributed by atoms with van der Waals surface area (Å²) in [6.45, 7) is 0. The summed E-state index contributed by atoms with van der Waals surface area (Å²) >= 11 is 11.1. The van der Waals surface area contributed by atoms with Crippen LogP contribution in [0.2, 0.25) is 0 Å². The summed E-state index contributed by atoms with van der Waals surface area (Å²) in [4.78, 5) is 20.9. The molecule has 0 aliphatic rings. The van der Waals surface area contributed by atoms with E-state index >= 15 is 0 Å². The van der Waals surface area contributed by atoms with Crippen LogP contribution in [0.25, 0.3) is 0 Å². The van der Waals surface area contributed by atoms with Crippen molar-refractivity contribution in [3.05, 3.63) is 56.5 Å². The topological polar surface area (TPSA) is 123 Å². The minimum absolute atomic E-state index is 0.0779. The molecule has 0 spiro atoms. The van der Waals surface area contributed by atoms with Gasteiger partial charge < -0.3 is 5.11 Å². The predicted molar refractivity (Wildman–Crippen MR) is 112 cm³/mol. The van der Waals surface area contributed by atoms with E-state index in [1.54, 1.807) is 0 Å². The quantitative estimate of drug-likeness (QED) is 0.488. The van der Waals surface area contributed by atoms with Gasteiger partial charge in [0, 0.05) is 35.9 Å². The number of hydrogen-bond acceptors (Lipinski definition) is 6. The van der Waals surface area contributed by atoms with Gasteiger partial charge in [-0.15, -0.1) is 0 Å². The molecular formula is C14H7Br2Cl3O7S2. The number of carboxylic acids is 1. The summed E-state index contributed by atoms with van der Waals surface area (Å²) in [5.41, 5.74) is -0.0542. The van der Waals surface area contributed by atoms with Gasteiger partial charge in [0.2, 0.25) is 0 Å². The Morgan fingerprint density at radius 2 is 1.14 bits per heavy atom. The maximum absolute atomic E-state index is 11.0. The Labute approximate surface area is 190 Å². The largest absolute Gasteiger partial charge is 0.478 e. The molecule has 7 nitrogen and oxygen atoms in total. The van der Waals surface area contributed by atoms with Crippen molar-refractivity contribution in [2.24, 2.45) is 0 Å². The molecule has 0 unspecified atom stereocenters. The van der Waals surface area contributed by atoms with Crippen molar-refractivity contribution in [1.29, 1.82) is 0 Å². The van der Waals surface area contributed by atoms with Crippen LogP contribution in [0, 0.1) is 0 Å². The zero-order valence-electron chi connectivity index (χ0n) is 13.1. The lowest BCUT2D eigenvalue weighted by Crippen LogP contribution is -2.00. The molecule has 0 aliphatic carbocycles. The van der Waals surface area contributed by atoms with E-state index in [4.69, 9.17) is 38.1 Å². The molecule has 2 aromatic rings. The summed E-state index contributed by atoms with van der Waals surface area (Å²) in [5, 5.41) is 7.88. The first-order valence-corrected chi connectivity index (χ1v) is 13.1. The number of aromatic carboxylic acids is 1. The monoisotopic (exact) mass is 614 g/mol. The van der Waals surface area contributed by atoms with Gasteiger partial charge in [0.25, 0.3) is 23.3 Å². The molecule has 2 rings (SSSR count). The number of carbonyl (C=O) groups excluding carboxylic acids is 1. The highest BCUT2D eigenvalue weighted by Gasteiger charge is 2.17. The van der Waals surface area contributed by atoms with Crippen LogP contribution in [0.1, 0.15) is 20.7 Å². The summed E-state index contributed by atoms with van der Waals surface area (Å²) < 4.78 is 44.5. The lowest BCUT2D eigenvalue weighted by molar-refractivity contribution is 0.0696. The SMILES string of the molecule is O=C(Cl)c1ccc(Br)c(S(=O)(=O)Cl)c1.O=C(O)c1ccc(Br)c(S(=O)(=O)Cl)c1. The van der Waals surface area contributed by atoms with Crippen molar-refractivity contribution in [2.45, 2.75) is 9.79 Å². The van der Waals surface area contributed by atoms with Crippen LogP contribution < -0.4 is 0 Å². The number of carboxylic acid groups (broad SMARTS) is 1. The fourth-order valence-electron chi connectivity index (χ4n) is 1.64. The van der Waals surface area contributed by atoms with Crippen LogP contribution in [-0.4, -0.2) is 33.2 Å². The Morgan fingerprint density at radius 1 is 0.786 bits per heavy atom. The van der Waals surface area contributed by atoms with Gasteiger partial charge in [0.05, 0.1) is 15.4 Å². The fraction of sp³-hybridized carbons (Fsp3) is 0. The van der Waals surface area contributed by atoms with Crippen LogP contribution >= 0.6 is 64.8 Å². The second-order valence-electron chi connectivity index (χ2n) is 4.74. The molecule has 152 valence electrons. The van der Waals surface area contributed by atoms with Gasteiger partial charge in [-0.1, -0.05) is 0 Å². The Kier molecular flexibility index (Phi) is 8.94. The van der Waals surface area contributed by atoms with Gasteiger partial charge in [-0.3, -0.25) is 4.79 Å². The summed E-state index contributed by atoms with van der Waals surface area (Å²) in [7, 11) is 2.42.